The predicted octanol–water partition coefficient (Wildman–Crippen LogP) is 4.48. The lowest BCUT2D eigenvalue weighted by Gasteiger charge is -2.16. The van der Waals surface area contributed by atoms with Crippen molar-refractivity contribution in [1.82, 2.24) is 19.7 Å². The molecule has 9 heteroatoms. The summed E-state index contributed by atoms with van der Waals surface area (Å²) >= 11 is 1.28. The molecule has 4 aromatic rings. The Balaban J connectivity index is 1.91. The number of para-hydroxylation sites is 1. The Morgan fingerprint density at radius 1 is 1.16 bits per heavy atom. The number of ether oxygens (including phenoxy) is 3. The van der Waals surface area contributed by atoms with Crippen LogP contribution in [0.2, 0.25) is 0 Å². The smallest absolute Gasteiger partial charge is 0.319 e. The van der Waals surface area contributed by atoms with E-state index in [4.69, 9.17) is 14.2 Å². The molecule has 1 N–H and O–H groups in total. The second-order valence-electron chi connectivity index (χ2n) is 6.94. The number of aromatic nitrogens is 4. The summed E-state index contributed by atoms with van der Waals surface area (Å²) in [5, 5.41) is 10.0. The molecule has 2 aromatic heterocycles. The lowest BCUT2D eigenvalue weighted by molar-refractivity contribution is -0.142. The number of nitrogens with zero attached hydrogens (tertiary/aromatic N) is 3. The highest BCUT2D eigenvalue weighted by Gasteiger charge is 2.25. The summed E-state index contributed by atoms with van der Waals surface area (Å²) in [6.45, 7) is 3.89. The molecule has 0 spiro atoms. The Morgan fingerprint density at radius 3 is 2.72 bits per heavy atom. The number of carbonyl (C=O) groups excluding carboxylic acids is 1. The summed E-state index contributed by atoms with van der Waals surface area (Å²) in [6, 6.07) is 13.5. The van der Waals surface area contributed by atoms with E-state index < -0.39 is 5.25 Å². The fourth-order valence-electron chi connectivity index (χ4n) is 3.43. The fraction of sp³-hybridized carbons (Fsp3) is 0.261. The Hall–Kier alpha value is -3.46. The highest BCUT2D eigenvalue weighted by Crippen LogP contribution is 2.37. The minimum atomic E-state index is -0.467. The van der Waals surface area contributed by atoms with Crippen molar-refractivity contribution in [3.8, 4) is 28.6 Å². The number of nitrogens with one attached hydrogen (secondary N) is 1. The van der Waals surface area contributed by atoms with Crippen molar-refractivity contribution in [2.24, 2.45) is 0 Å². The summed E-state index contributed by atoms with van der Waals surface area (Å²) in [6.07, 6.45) is 1.90. The van der Waals surface area contributed by atoms with Crippen molar-refractivity contribution < 1.29 is 19.0 Å². The zero-order valence-corrected chi connectivity index (χ0v) is 19.1. The van der Waals surface area contributed by atoms with E-state index in [2.05, 4.69) is 15.2 Å². The van der Waals surface area contributed by atoms with Gasteiger partial charge < -0.3 is 19.2 Å². The molecule has 0 bridgehead atoms. The SMILES string of the molecule is CCOC(=O)C(C)Sc1nnc(-c2c[nH]c3ccccc23)n1-c1cc(OC)ccc1OC. The molecule has 2 heterocycles. The average Bonchev–Trinajstić information content (AvgIpc) is 3.42. The van der Waals surface area contributed by atoms with Crippen LogP contribution < -0.4 is 9.47 Å². The molecule has 0 aliphatic rings. The van der Waals surface area contributed by atoms with Gasteiger partial charge in [-0.25, -0.2) is 0 Å². The maximum atomic E-state index is 12.3. The molecule has 1 unspecified atom stereocenters. The number of aromatic amines is 1. The summed E-state index contributed by atoms with van der Waals surface area (Å²) in [4.78, 5) is 15.6. The molecule has 0 fully saturated rings. The van der Waals surface area contributed by atoms with Gasteiger partial charge in [0.2, 0.25) is 0 Å². The zero-order valence-electron chi connectivity index (χ0n) is 18.3. The third kappa shape index (κ3) is 4.03. The molecule has 4 rings (SSSR count). The van der Waals surface area contributed by atoms with Crippen LogP contribution in [0.3, 0.4) is 0 Å². The van der Waals surface area contributed by atoms with E-state index in [0.717, 1.165) is 16.5 Å². The van der Waals surface area contributed by atoms with Gasteiger partial charge in [0.05, 0.1) is 26.5 Å². The molecular formula is C23H24N4O4S. The first-order chi connectivity index (χ1) is 15.6. The lowest BCUT2D eigenvalue weighted by Crippen LogP contribution is -2.17. The van der Waals surface area contributed by atoms with Gasteiger partial charge in [-0.1, -0.05) is 30.0 Å². The number of thioether (sulfide) groups is 1. The molecule has 2 aromatic carbocycles. The lowest BCUT2D eigenvalue weighted by atomic mass is 10.1. The van der Waals surface area contributed by atoms with Gasteiger partial charge in [-0.15, -0.1) is 10.2 Å². The molecule has 0 aliphatic heterocycles. The van der Waals surface area contributed by atoms with Crippen LogP contribution in [0, 0.1) is 0 Å². The topological polar surface area (TPSA) is 91.3 Å². The molecule has 0 saturated heterocycles. The van der Waals surface area contributed by atoms with Gasteiger partial charge in [-0.3, -0.25) is 9.36 Å². The standard InChI is InChI=1S/C23H24N4O4S/c1-5-31-22(28)14(2)32-23-26-25-21(17-13-24-18-9-7-6-8-16(17)18)27(23)19-12-15(29-3)10-11-20(19)30-4/h6-14,24H,5H2,1-4H3. The third-order valence-electron chi connectivity index (χ3n) is 4.99. The Morgan fingerprint density at radius 2 is 1.97 bits per heavy atom. The number of H-pyrrole nitrogens is 1. The number of fused-ring (bicyclic) bond motifs is 1. The largest absolute Gasteiger partial charge is 0.497 e. The molecule has 0 aliphatic carbocycles. The van der Waals surface area contributed by atoms with Gasteiger partial charge in [0.25, 0.3) is 0 Å². The van der Waals surface area contributed by atoms with Crippen molar-refractivity contribution >= 4 is 28.6 Å². The first-order valence-electron chi connectivity index (χ1n) is 10.1. The Kier molecular flexibility index (Phi) is 6.36. The maximum Gasteiger partial charge on any atom is 0.319 e. The quantitative estimate of drug-likeness (QED) is 0.311. The molecular weight excluding hydrogens is 428 g/mol. The molecule has 0 saturated carbocycles. The molecule has 166 valence electrons. The third-order valence-corrected chi connectivity index (χ3v) is 6.01. The highest BCUT2D eigenvalue weighted by atomic mass is 32.2. The van der Waals surface area contributed by atoms with Crippen LogP contribution in [-0.4, -0.2) is 51.8 Å². The summed E-state index contributed by atoms with van der Waals surface area (Å²) in [5.74, 6) is 1.59. The van der Waals surface area contributed by atoms with Gasteiger partial charge in [0, 0.05) is 28.7 Å². The number of hydrogen-bond donors (Lipinski definition) is 1. The van der Waals surface area contributed by atoms with Crippen molar-refractivity contribution in [3.05, 3.63) is 48.7 Å². The van der Waals surface area contributed by atoms with E-state index in [0.29, 0.717) is 34.8 Å². The fourth-order valence-corrected chi connectivity index (χ4v) is 4.29. The van der Waals surface area contributed by atoms with Crippen molar-refractivity contribution in [2.45, 2.75) is 24.3 Å². The van der Waals surface area contributed by atoms with E-state index >= 15 is 0 Å². The minimum absolute atomic E-state index is 0.307. The normalized spacial score (nSPS) is 12.0. The monoisotopic (exact) mass is 452 g/mol. The number of carbonyl (C=O) groups is 1. The van der Waals surface area contributed by atoms with Crippen LogP contribution >= 0.6 is 11.8 Å². The molecule has 0 radical (unpaired) electrons. The van der Waals surface area contributed by atoms with Crippen LogP contribution in [-0.2, 0) is 9.53 Å². The summed E-state index contributed by atoms with van der Waals surface area (Å²) in [5.41, 5.74) is 2.58. The predicted molar refractivity (Wildman–Crippen MR) is 124 cm³/mol. The van der Waals surface area contributed by atoms with Crippen LogP contribution in [0.25, 0.3) is 28.0 Å². The van der Waals surface area contributed by atoms with Gasteiger partial charge in [0.15, 0.2) is 11.0 Å². The van der Waals surface area contributed by atoms with Crippen molar-refractivity contribution in [2.75, 3.05) is 20.8 Å². The number of benzene rings is 2. The average molecular weight is 453 g/mol. The molecule has 8 nitrogen and oxygen atoms in total. The van der Waals surface area contributed by atoms with Gasteiger partial charge in [-0.2, -0.15) is 0 Å². The van der Waals surface area contributed by atoms with Crippen LogP contribution in [0.5, 0.6) is 11.5 Å². The van der Waals surface area contributed by atoms with Gasteiger partial charge in [0.1, 0.15) is 16.7 Å². The van der Waals surface area contributed by atoms with Crippen LogP contribution in [0.1, 0.15) is 13.8 Å². The zero-order chi connectivity index (χ0) is 22.7. The first-order valence-corrected chi connectivity index (χ1v) is 11.0. The second kappa shape index (κ2) is 9.35. The Labute approximate surface area is 189 Å². The van der Waals surface area contributed by atoms with Crippen molar-refractivity contribution in [1.29, 1.82) is 0 Å². The molecule has 32 heavy (non-hydrogen) atoms. The summed E-state index contributed by atoms with van der Waals surface area (Å²) < 4.78 is 18.1. The molecule has 0 amide bonds. The number of esters is 1. The van der Waals surface area contributed by atoms with E-state index in [1.165, 1.54) is 11.8 Å². The number of hydrogen-bond acceptors (Lipinski definition) is 7. The van der Waals surface area contributed by atoms with Gasteiger partial charge >= 0.3 is 5.97 Å². The van der Waals surface area contributed by atoms with Gasteiger partial charge in [-0.05, 0) is 32.0 Å². The van der Waals surface area contributed by atoms with Crippen molar-refractivity contribution in [3.63, 3.8) is 0 Å². The van der Waals surface area contributed by atoms with E-state index in [-0.39, 0.29) is 5.97 Å². The first kappa shape index (κ1) is 21.8. The van der Waals surface area contributed by atoms with E-state index in [1.54, 1.807) is 28.1 Å². The maximum absolute atomic E-state index is 12.3. The molecule has 1 atom stereocenters. The summed E-state index contributed by atoms with van der Waals surface area (Å²) in [7, 11) is 3.21. The van der Waals surface area contributed by atoms with Crippen LogP contribution in [0.4, 0.5) is 0 Å². The van der Waals surface area contributed by atoms with Crippen LogP contribution in [0.15, 0.2) is 53.8 Å². The van der Waals surface area contributed by atoms with E-state index in [9.17, 15) is 4.79 Å². The number of methoxy groups -OCH3 is 2. The highest BCUT2D eigenvalue weighted by molar-refractivity contribution is 8.00. The minimum Gasteiger partial charge on any atom is -0.497 e. The second-order valence-corrected chi connectivity index (χ2v) is 8.25. The number of rotatable bonds is 8. The van der Waals surface area contributed by atoms with E-state index in [1.807, 2.05) is 53.2 Å². The Bertz CT molecular complexity index is 1250.